The van der Waals surface area contributed by atoms with Gasteiger partial charge < -0.3 is 10.1 Å². The maximum atomic E-state index is 12.2. The molecule has 3 aromatic rings. The molecule has 0 radical (unpaired) electrons. The Morgan fingerprint density at radius 2 is 2.00 bits per heavy atom. The lowest BCUT2D eigenvalue weighted by Crippen LogP contribution is -2.13. The van der Waals surface area contributed by atoms with Crippen LogP contribution in [0.25, 0.3) is 5.69 Å². The molecule has 7 heteroatoms. The van der Waals surface area contributed by atoms with Crippen molar-refractivity contribution in [1.29, 1.82) is 0 Å². The summed E-state index contributed by atoms with van der Waals surface area (Å²) in [4.78, 5) is 16.3. The van der Waals surface area contributed by atoms with Crippen LogP contribution < -0.4 is 10.1 Å². The van der Waals surface area contributed by atoms with E-state index >= 15 is 0 Å². The van der Waals surface area contributed by atoms with Crippen molar-refractivity contribution in [2.75, 3.05) is 12.4 Å². The zero-order chi connectivity index (χ0) is 16.2. The van der Waals surface area contributed by atoms with E-state index in [4.69, 9.17) is 4.74 Å². The van der Waals surface area contributed by atoms with Crippen LogP contribution in [0.15, 0.2) is 48.8 Å². The number of methoxy groups -OCH3 is 1. The number of nitrogens with one attached hydrogen (secondary N) is 1. The van der Waals surface area contributed by atoms with Crippen LogP contribution in [-0.2, 0) is 0 Å². The molecule has 0 aliphatic carbocycles. The smallest absolute Gasteiger partial charge is 0.279 e. The molecule has 0 bridgehead atoms. The third-order valence-corrected chi connectivity index (χ3v) is 3.23. The molecule has 7 nitrogen and oxygen atoms in total. The van der Waals surface area contributed by atoms with Crippen molar-refractivity contribution in [3.63, 3.8) is 0 Å². The monoisotopic (exact) mass is 309 g/mol. The molecule has 2 heterocycles. The summed E-state index contributed by atoms with van der Waals surface area (Å²) in [5, 5.41) is 10.5. The molecule has 3 rings (SSSR count). The average molecular weight is 309 g/mol. The Balaban J connectivity index is 1.76. The number of benzene rings is 1. The third kappa shape index (κ3) is 3.34. The maximum Gasteiger partial charge on any atom is 0.279 e. The zero-order valence-electron chi connectivity index (χ0n) is 12.7. The van der Waals surface area contributed by atoms with Crippen molar-refractivity contribution in [3.8, 4) is 11.4 Å². The van der Waals surface area contributed by atoms with E-state index in [0.717, 1.165) is 11.3 Å². The summed E-state index contributed by atoms with van der Waals surface area (Å²) in [6.45, 7) is 2.01. The first-order valence-corrected chi connectivity index (χ1v) is 6.96. The van der Waals surface area contributed by atoms with Gasteiger partial charge in [0.15, 0.2) is 5.69 Å². The van der Waals surface area contributed by atoms with Crippen LogP contribution in [0.4, 0.5) is 5.82 Å². The Hall–Kier alpha value is -3.22. The number of hydrogen-bond donors (Lipinski definition) is 1. The lowest BCUT2D eigenvalue weighted by atomic mass is 10.2. The fraction of sp³-hybridized carbons (Fsp3) is 0.125. The largest absolute Gasteiger partial charge is 0.497 e. The summed E-state index contributed by atoms with van der Waals surface area (Å²) < 4.78 is 6.64. The van der Waals surface area contributed by atoms with Gasteiger partial charge in [0.25, 0.3) is 5.91 Å². The lowest BCUT2D eigenvalue weighted by Gasteiger charge is -2.04. The molecule has 116 valence electrons. The van der Waals surface area contributed by atoms with Crippen molar-refractivity contribution in [2.45, 2.75) is 6.92 Å². The molecule has 1 amide bonds. The minimum Gasteiger partial charge on any atom is -0.497 e. The summed E-state index contributed by atoms with van der Waals surface area (Å²) in [6, 6.07) is 11.1. The normalized spacial score (nSPS) is 10.3. The fourth-order valence-electron chi connectivity index (χ4n) is 1.98. The molecule has 1 N–H and O–H groups in total. The number of aromatic nitrogens is 4. The van der Waals surface area contributed by atoms with Crippen LogP contribution in [-0.4, -0.2) is 33.0 Å². The SMILES string of the molecule is COc1ccnc(NC(=O)c2cn(-c3ccc(C)cc3)nn2)c1. The Labute approximate surface area is 132 Å². The Morgan fingerprint density at radius 3 is 2.74 bits per heavy atom. The van der Waals surface area contributed by atoms with Crippen LogP contribution in [0, 0.1) is 6.92 Å². The van der Waals surface area contributed by atoms with Crippen molar-refractivity contribution in [2.24, 2.45) is 0 Å². The minimum absolute atomic E-state index is 0.204. The number of aryl methyl sites for hydroxylation is 1. The van der Waals surface area contributed by atoms with E-state index in [1.54, 1.807) is 36.3 Å². The molecule has 0 aliphatic rings. The molecule has 23 heavy (non-hydrogen) atoms. The van der Waals surface area contributed by atoms with E-state index < -0.39 is 0 Å². The van der Waals surface area contributed by atoms with E-state index in [1.807, 2.05) is 31.2 Å². The second-order valence-electron chi connectivity index (χ2n) is 4.92. The first-order chi connectivity index (χ1) is 11.2. The van der Waals surface area contributed by atoms with Crippen LogP contribution in [0.2, 0.25) is 0 Å². The molecular formula is C16H15N5O2. The molecule has 2 aromatic heterocycles. The van der Waals surface area contributed by atoms with Crippen LogP contribution in [0.5, 0.6) is 5.75 Å². The van der Waals surface area contributed by atoms with E-state index in [1.165, 1.54) is 0 Å². The highest BCUT2D eigenvalue weighted by atomic mass is 16.5. The minimum atomic E-state index is -0.385. The highest BCUT2D eigenvalue weighted by Gasteiger charge is 2.12. The number of hydrogen-bond acceptors (Lipinski definition) is 5. The van der Waals surface area contributed by atoms with E-state index in [2.05, 4.69) is 20.6 Å². The first kappa shape index (κ1) is 14.7. The van der Waals surface area contributed by atoms with Gasteiger partial charge in [-0.05, 0) is 25.1 Å². The van der Waals surface area contributed by atoms with E-state index in [-0.39, 0.29) is 11.6 Å². The summed E-state index contributed by atoms with van der Waals surface area (Å²) in [7, 11) is 1.55. The third-order valence-electron chi connectivity index (χ3n) is 3.23. The molecule has 0 fully saturated rings. The molecular weight excluding hydrogens is 294 g/mol. The van der Waals surface area contributed by atoms with Gasteiger partial charge in [-0.25, -0.2) is 9.67 Å². The Morgan fingerprint density at radius 1 is 1.22 bits per heavy atom. The highest BCUT2D eigenvalue weighted by Crippen LogP contribution is 2.14. The van der Waals surface area contributed by atoms with E-state index in [9.17, 15) is 4.79 Å². The summed E-state index contributed by atoms with van der Waals surface area (Å²) in [6.07, 6.45) is 3.12. The fourth-order valence-corrected chi connectivity index (χ4v) is 1.98. The number of ether oxygens (including phenoxy) is 1. The number of nitrogens with zero attached hydrogens (tertiary/aromatic N) is 4. The van der Waals surface area contributed by atoms with Crippen molar-refractivity contribution >= 4 is 11.7 Å². The number of carbonyl (C=O) groups excluding carboxylic acids is 1. The lowest BCUT2D eigenvalue weighted by molar-refractivity contribution is 0.102. The number of carbonyl (C=O) groups is 1. The molecule has 0 spiro atoms. The van der Waals surface area contributed by atoms with Gasteiger partial charge in [-0.1, -0.05) is 22.9 Å². The molecule has 0 unspecified atom stereocenters. The maximum absolute atomic E-state index is 12.2. The standard InChI is InChI=1S/C16H15N5O2/c1-11-3-5-12(6-4-11)21-10-14(19-20-21)16(22)18-15-9-13(23-2)7-8-17-15/h3-10H,1-2H3,(H,17,18,22). The van der Waals surface area contributed by atoms with Gasteiger partial charge in [0, 0.05) is 12.3 Å². The second kappa shape index (κ2) is 6.27. The van der Waals surface area contributed by atoms with Crippen LogP contribution >= 0.6 is 0 Å². The highest BCUT2D eigenvalue weighted by molar-refractivity contribution is 6.02. The summed E-state index contributed by atoms with van der Waals surface area (Å²) in [5.41, 5.74) is 2.19. The number of pyridine rings is 1. The van der Waals surface area contributed by atoms with Gasteiger partial charge in [-0.3, -0.25) is 4.79 Å². The van der Waals surface area contributed by atoms with Gasteiger partial charge in [-0.2, -0.15) is 0 Å². The number of amides is 1. The Bertz CT molecular complexity index is 826. The first-order valence-electron chi connectivity index (χ1n) is 6.96. The quantitative estimate of drug-likeness (QED) is 0.799. The predicted octanol–water partition coefficient (Wildman–Crippen LogP) is 2.23. The predicted molar refractivity (Wildman–Crippen MR) is 84.8 cm³/mol. The molecule has 0 atom stereocenters. The van der Waals surface area contributed by atoms with Crippen LogP contribution in [0.1, 0.15) is 16.1 Å². The van der Waals surface area contributed by atoms with Gasteiger partial charge in [0.05, 0.1) is 19.0 Å². The van der Waals surface area contributed by atoms with Gasteiger partial charge in [-0.15, -0.1) is 5.10 Å². The van der Waals surface area contributed by atoms with Gasteiger partial charge >= 0.3 is 0 Å². The molecule has 1 aromatic carbocycles. The zero-order valence-corrected chi connectivity index (χ0v) is 12.7. The van der Waals surface area contributed by atoms with Crippen molar-refractivity contribution in [1.82, 2.24) is 20.0 Å². The molecule has 0 aliphatic heterocycles. The Kier molecular flexibility index (Phi) is 4.01. The number of rotatable bonds is 4. The topological polar surface area (TPSA) is 81.9 Å². The molecule has 0 saturated carbocycles. The van der Waals surface area contributed by atoms with Gasteiger partial charge in [0.2, 0.25) is 0 Å². The van der Waals surface area contributed by atoms with Crippen molar-refractivity contribution in [3.05, 3.63) is 60.0 Å². The second-order valence-corrected chi connectivity index (χ2v) is 4.92. The summed E-state index contributed by atoms with van der Waals surface area (Å²) >= 11 is 0. The van der Waals surface area contributed by atoms with Crippen LogP contribution in [0.3, 0.4) is 0 Å². The van der Waals surface area contributed by atoms with E-state index in [0.29, 0.717) is 11.6 Å². The van der Waals surface area contributed by atoms with Crippen molar-refractivity contribution < 1.29 is 9.53 Å². The number of anilines is 1. The molecule has 0 saturated heterocycles. The summed E-state index contributed by atoms with van der Waals surface area (Å²) in [5.74, 6) is 0.613. The average Bonchev–Trinajstić information content (AvgIpc) is 3.06. The van der Waals surface area contributed by atoms with Gasteiger partial charge in [0.1, 0.15) is 11.6 Å².